The van der Waals surface area contributed by atoms with Crippen LogP contribution in [0, 0.1) is 18.8 Å². The Balaban J connectivity index is 2.33. The number of rotatable bonds is 2. The summed E-state index contributed by atoms with van der Waals surface area (Å²) in [6.07, 6.45) is 0. The first-order valence-corrected chi connectivity index (χ1v) is 5.12. The third-order valence-corrected chi connectivity index (χ3v) is 2.83. The number of nitrogens with zero attached hydrogens (tertiary/aromatic N) is 2. The van der Waals surface area contributed by atoms with Gasteiger partial charge in [0.2, 0.25) is 0 Å². The summed E-state index contributed by atoms with van der Waals surface area (Å²) in [5.74, 6) is 6.02. The Kier molecular flexibility index (Phi) is 4.08. The molecule has 1 heterocycles. The van der Waals surface area contributed by atoms with Crippen molar-refractivity contribution >= 4 is 23.1 Å². The van der Waals surface area contributed by atoms with Gasteiger partial charge in [-0.15, -0.1) is 10.2 Å². The summed E-state index contributed by atoms with van der Waals surface area (Å²) in [5.41, 5.74) is 0. The van der Waals surface area contributed by atoms with Crippen molar-refractivity contribution in [1.82, 2.24) is 10.2 Å². The van der Waals surface area contributed by atoms with E-state index >= 15 is 0 Å². The van der Waals surface area contributed by atoms with Crippen molar-refractivity contribution in [3.8, 4) is 11.8 Å². The van der Waals surface area contributed by atoms with E-state index in [0.29, 0.717) is 5.75 Å². The molecule has 1 aromatic rings. The highest BCUT2D eigenvalue weighted by atomic mass is 32.2. The third kappa shape index (κ3) is 3.22. The summed E-state index contributed by atoms with van der Waals surface area (Å²) in [4.78, 5) is 0. The van der Waals surface area contributed by atoms with E-state index in [4.69, 9.17) is 5.11 Å². The van der Waals surface area contributed by atoms with E-state index in [1.54, 1.807) is 23.1 Å². The molecule has 0 aromatic carbocycles. The average Bonchev–Trinajstić information content (AvgIpc) is 2.45. The van der Waals surface area contributed by atoms with Gasteiger partial charge < -0.3 is 5.11 Å². The van der Waals surface area contributed by atoms with Crippen LogP contribution in [0.3, 0.4) is 0 Å². The maximum atomic E-state index is 8.36. The van der Waals surface area contributed by atoms with Gasteiger partial charge in [-0.25, -0.2) is 0 Å². The fraction of sp³-hybridized carbons (Fsp3) is 0.429. The molecule has 0 saturated heterocycles. The molecule has 0 unspecified atom stereocenters. The van der Waals surface area contributed by atoms with Gasteiger partial charge in [0.25, 0.3) is 0 Å². The largest absolute Gasteiger partial charge is 0.384 e. The molecule has 0 radical (unpaired) electrons. The van der Waals surface area contributed by atoms with Crippen LogP contribution in [0.5, 0.6) is 0 Å². The van der Waals surface area contributed by atoms with Crippen molar-refractivity contribution in [2.45, 2.75) is 11.3 Å². The lowest BCUT2D eigenvalue weighted by molar-refractivity contribution is 0.350. The monoisotopic (exact) mass is 200 g/mol. The van der Waals surface area contributed by atoms with Crippen molar-refractivity contribution in [3.05, 3.63) is 5.01 Å². The Labute approximate surface area is 79.2 Å². The number of hydrogen-bond acceptors (Lipinski definition) is 5. The van der Waals surface area contributed by atoms with Crippen LogP contribution in [-0.4, -0.2) is 27.7 Å². The number of aliphatic hydroxyl groups excluding tert-OH is 1. The lowest BCUT2D eigenvalue weighted by Gasteiger charge is -1.84. The standard InChI is InChI=1S/C7H8N2OS2/c1-6-8-9-7(12-6)11-5-3-2-4-10/h10H,4-5H2,1H3. The molecule has 0 fully saturated rings. The summed E-state index contributed by atoms with van der Waals surface area (Å²) >= 11 is 3.10. The molecule has 0 aliphatic carbocycles. The molecule has 12 heavy (non-hydrogen) atoms. The van der Waals surface area contributed by atoms with Crippen LogP contribution in [0.2, 0.25) is 0 Å². The lowest BCUT2D eigenvalue weighted by Crippen LogP contribution is -1.76. The minimum absolute atomic E-state index is 0.0737. The predicted octanol–water partition coefficient (Wildman–Crippen LogP) is 0.934. The summed E-state index contributed by atoms with van der Waals surface area (Å²) in [7, 11) is 0. The van der Waals surface area contributed by atoms with E-state index in [9.17, 15) is 0 Å². The van der Waals surface area contributed by atoms with Gasteiger partial charge >= 0.3 is 0 Å². The van der Waals surface area contributed by atoms with Crippen molar-refractivity contribution in [1.29, 1.82) is 0 Å². The Morgan fingerprint density at radius 2 is 2.33 bits per heavy atom. The molecule has 0 amide bonds. The molecule has 1 rings (SSSR count). The van der Waals surface area contributed by atoms with Crippen molar-refractivity contribution < 1.29 is 5.11 Å². The number of aromatic nitrogens is 2. The SMILES string of the molecule is Cc1nnc(SCC#CCO)s1. The molecule has 3 nitrogen and oxygen atoms in total. The average molecular weight is 200 g/mol. The molecule has 5 heteroatoms. The van der Waals surface area contributed by atoms with Crippen LogP contribution in [0.4, 0.5) is 0 Å². The van der Waals surface area contributed by atoms with E-state index in [2.05, 4.69) is 22.0 Å². The zero-order valence-corrected chi connectivity index (χ0v) is 8.21. The van der Waals surface area contributed by atoms with Crippen LogP contribution in [0.15, 0.2) is 4.34 Å². The number of aryl methyl sites for hydroxylation is 1. The van der Waals surface area contributed by atoms with E-state index in [0.717, 1.165) is 9.35 Å². The first kappa shape index (κ1) is 9.52. The molecule has 64 valence electrons. The molecule has 1 N–H and O–H groups in total. The predicted molar refractivity (Wildman–Crippen MR) is 50.2 cm³/mol. The molecule has 0 aliphatic heterocycles. The van der Waals surface area contributed by atoms with Crippen molar-refractivity contribution in [3.63, 3.8) is 0 Å². The summed E-state index contributed by atoms with van der Waals surface area (Å²) < 4.78 is 0.930. The minimum atomic E-state index is -0.0737. The minimum Gasteiger partial charge on any atom is -0.384 e. The molecule has 0 bridgehead atoms. The van der Waals surface area contributed by atoms with Gasteiger partial charge in [0.1, 0.15) is 11.6 Å². The Bertz CT molecular complexity index is 300. The maximum Gasteiger partial charge on any atom is 0.175 e. The first-order valence-electron chi connectivity index (χ1n) is 3.32. The molecular formula is C7H8N2OS2. The molecule has 0 aliphatic rings. The summed E-state index contributed by atoms with van der Waals surface area (Å²) in [6.45, 7) is 1.84. The van der Waals surface area contributed by atoms with E-state index in [-0.39, 0.29) is 6.61 Å². The zero-order valence-electron chi connectivity index (χ0n) is 6.57. The molecule has 0 saturated carbocycles. The summed E-state index contributed by atoms with van der Waals surface area (Å²) in [5, 5.41) is 17.1. The van der Waals surface area contributed by atoms with Crippen LogP contribution >= 0.6 is 23.1 Å². The third-order valence-electron chi connectivity index (χ3n) is 0.979. The lowest BCUT2D eigenvalue weighted by atomic mass is 10.6. The second kappa shape index (κ2) is 5.14. The Morgan fingerprint density at radius 3 is 2.92 bits per heavy atom. The molecule has 0 spiro atoms. The van der Waals surface area contributed by atoms with Crippen LogP contribution in [0.1, 0.15) is 5.01 Å². The molecule has 1 aromatic heterocycles. The highest BCUT2D eigenvalue weighted by molar-refractivity contribution is 8.01. The Morgan fingerprint density at radius 1 is 1.50 bits per heavy atom. The molecule has 0 atom stereocenters. The van der Waals surface area contributed by atoms with Crippen LogP contribution in [0.25, 0.3) is 0 Å². The highest BCUT2D eigenvalue weighted by Gasteiger charge is 1.97. The van der Waals surface area contributed by atoms with Gasteiger partial charge in [0, 0.05) is 0 Å². The topological polar surface area (TPSA) is 46.0 Å². The van der Waals surface area contributed by atoms with Crippen molar-refractivity contribution in [2.24, 2.45) is 0 Å². The van der Waals surface area contributed by atoms with Gasteiger partial charge in [0.15, 0.2) is 4.34 Å². The highest BCUT2D eigenvalue weighted by Crippen LogP contribution is 2.20. The maximum absolute atomic E-state index is 8.36. The van der Waals surface area contributed by atoms with Crippen LogP contribution < -0.4 is 0 Å². The van der Waals surface area contributed by atoms with Gasteiger partial charge in [-0.3, -0.25) is 0 Å². The Hall–Kier alpha value is -0.570. The van der Waals surface area contributed by atoms with Gasteiger partial charge in [-0.05, 0) is 6.92 Å². The van der Waals surface area contributed by atoms with Crippen LogP contribution in [-0.2, 0) is 0 Å². The quantitative estimate of drug-likeness (QED) is 0.570. The fourth-order valence-corrected chi connectivity index (χ4v) is 2.13. The fourth-order valence-electron chi connectivity index (χ4n) is 0.542. The number of thioether (sulfide) groups is 1. The molecular weight excluding hydrogens is 192 g/mol. The normalized spacial score (nSPS) is 9.17. The smallest absolute Gasteiger partial charge is 0.175 e. The second-order valence-corrected chi connectivity index (χ2v) is 4.29. The van der Waals surface area contributed by atoms with Crippen molar-refractivity contribution in [2.75, 3.05) is 12.4 Å². The zero-order chi connectivity index (χ0) is 8.81. The van der Waals surface area contributed by atoms with Gasteiger partial charge in [-0.1, -0.05) is 34.9 Å². The van der Waals surface area contributed by atoms with E-state index in [1.165, 1.54) is 0 Å². The first-order chi connectivity index (χ1) is 5.83. The van der Waals surface area contributed by atoms with E-state index in [1.807, 2.05) is 6.92 Å². The number of hydrogen-bond donors (Lipinski definition) is 1. The van der Waals surface area contributed by atoms with Gasteiger partial charge in [-0.2, -0.15) is 0 Å². The number of aliphatic hydroxyl groups is 1. The van der Waals surface area contributed by atoms with E-state index < -0.39 is 0 Å². The second-order valence-electron chi connectivity index (χ2n) is 1.89. The summed E-state index contributed by atoms with van der Waals surface area (Å²) in [6, 6.07) is 0. The van der Waals surface area contributed by atoms with Gasteiger partial charge in [0.05, 0.1) is 5.75 Å².